The molecule has 0 aliphatic heterocycles. The predicted octanol–water partition coefficient (Wildman–Crippen LogP) is 0.0954. The van der Waals surface area contributed by atoms with Gasteiger partial charge in [0.2, 0.25) is 0 Å². The van der Waals surface area contributed by atoms with E-state index in [9.17, 15) is 19.2 Å². The summed E-state index contributed by atoms with van der Waals surface area (Å²) in [5.41, 5.74) is -0.570. The van der Waals surface area contributed by atoms with E-state index in [1.807, 2.05) is 0 Å². The first kappa shape index (κ1) is 22.5. The molecule has 1 aromatic rings. The number of esters is 4. The highest BCUT2D eigenvalue weighted by Gasteiger charge is 2.25. The summed E-state index contributed by atoms with van der Waals surface area (Å²) in [6, 6.07) is 5.26. The molecule has 2 N–H and O–H groups in total. The number of carbonyl (C=O) groups is 4. The number of carbonyl (C=O) groups excluding carboxylic acids is 4. The second kappa shape index (κ2) is 11.3. The summed E-state index contributed by atoms with van der Waals surface area (Å²) < 4.78 is 18.9. The number of hydrogen-bond acceptors (Lipinski definition) is 10. The largest absolute Gasteiger partial charge is 0.419 e. The first-order valence-electron chi connectivity index (χ1n) is 7.75. The monoisotopic (exact) mass is 394 g/mol. The molecule has 0 aliphatic rings. The van der Waals surface area contributed by atoms with Crippen molar-refractivity contribution in [2.45, 2.75) is 12.6 Å². The molecule has 0 spiro atoms. The molecule has 2 unspecified atom stereocenters. The zero-order valence-electron chi connectivity index (χ0n) is 14.6. The first-order chi connectivity index (χ1) is 13.4. The molecule has 1 rings (SSSR count). The Morgan fingerprint density at radius 2 is 1.14 bits per heavy atom. The number of ether oxygens (including phenoxy) is 4. The van der Waals surface area contributed by atoms with Crippen molar-refractivity contribution < 1.29 is 48.3 Å². The SMILES string of the molecule is C=CC(=O)OC(CO)OC(=O)c1ccccc1C(=O)OC(CO)OC(=O)C=C. The van der Waals surface area contributed by atoms with Crippen molar-refractivity contribution in [1.29, 1.82) is 0 Å². The van der Waals surface area contributed by atoms with Gasteiger partial charge in [-0.05, 0) is 12.1 Å². The number of aliphatic hydroxyl groups is 2. The Balaban J connectivity index is 2.95. The van der Waals surface area contributed by atoms with Gasteiger partial charge in [-0.2, -0.15) is 0 Å². The van der Waals surface area contributed by atoms with Crippen LogP contribution in [0.1, 0.15) is 20.7 Å². The van der Waals surface area contributed by atoms with Gasteiger partial charge in [0.15, 0.2) is 0 Å². The fourth-order valence-electron chi connectivity index (χ4n) is 1.76. The van der Waals surface area contributed by atoms with Crippen molar-refractivity contribution in [3.05, 3.63) is 60.7 Å². The van der Waals surface area contributed by atoms with Crippen molar-refractivity contribution >= 4 is 23.9 Å². The normalized spacial score (nSPS) is 12.1. The van der Waals surface area contributed by atoms with Gasteiger partial charge >= 0.3 is 23.9 Å². The van der Waals surface area contributed by atoms with Gasteiger partial charge in [0.1, 0.15) is 13.2 Å². The molecule has 1 aromatic carbocycles. The van der Waals surface area contributed by atoms with E-state index in [4.69, 9.17) is 19.7 Å². The molecule has 10 heteroatoms. The van der Waals surface area contributed by atoms with E-state index in [1.54, 1.807) is 0 Å². The molecule has 0 radical (unpaired) electrons. The summed E-state index contributed by atoms with van der Waals surface area (Å²) in [5.74, 6) is -4.08. The number of aliphatic hydroxyl groups excluding tert-OH is 2. The van der Waals surface area contributed by atoms with Crippen LogP contribution in [0.4, 0.5) is 0 Å². The molecule has 10 nitrogen and oxygen atoms in total. The molecule has 0 saturated heterocycles. The lowest BCUT2D eigenvalue weighted by Crippen LogP contribution is -2.30. The van der Waals surface area contributed by atoms with E-state index in [2.05, 4.69) is 22.6 Å². The lowest BCUT2D eigenvalue weighted by atomic mass is 10.1. The summed E-state index contributed by atoms with van der Waals surface area (Å²) in [6.45, 7) is 4.67. The molecule has 0 heterocycles. The zero-order chi connectivity index (χ0) is 21.1. The molecule has 28 heavy (non-hydrogen) atoms. The lowest BCUT2D eigenvalue weighted by molar-refractivity contribution is -0.170. The summed E-state index contributed by atoms with van der Waals surface area (Å²) in [6.07, 6.45) is -1.63. The third-order valence-corrected chi connectivity index (χ3v) is 2.97. The van der Waals surface area contributed by atoms with Crippen molar-refractivity contribution in [2.75, 3.05) is 13.2 Å². The minimum absolute atomic E-state index is 0.285. The second-order valence-electron chi connectivity index (χ2n) is 4.86. The van der Waals surface area contributed by atoms with Crippen LogP contribution in [0, 0.1) is 0 Å². The van der Waals surface area contributed by atoms with Crippen LogP contribution in [0.5, 0.6) is 0 Å². The minimum atomic E-state index is -1.62. The average Bonchev–Trinajstić information content (AvgIpc) is 2.71. The Labute approximate surface area is 159 Å². The Kier molecular flexibility index (Phi) is 9.07. The fraction of sp³-hybridized carbons (Fsp3) is 0.222. The molecular formula is C18H18O10. The van der Waals surface area contributed by atoms with E-state index in [-0.39, 0.29) is 11.1 Å². The maximum atomic E-state index is 12.3. The van der Waals surface area contributed by atoms with E-state index >= 15 is 0 Å². The van der Waals surface area contributed by atoms with E-state index in [0.717, 1.165) is 12.2 Å². The van der Waals surface area contributed by atoms with Crippen LogP contribution >= 0.6 is 0 Å². The Morgan fingerprint density at radius 1 is 0.786 bits per heavy atom. The van der Waals surface area contributed by atoms with Crippen LogP contribution in [0.3, 0.4) is 0 Å². The number of hydrogen-bond donors (Lipinski definition) is 2. The van der Waals surface area contributed by atoms with Crippen LogP contribution < -0.4 is 0 Å². The molecule has 0 saturated carbocycles. The number of rotatable bonds is 10. The van der Waals surface area contributed by atoms with Crippen LogP contribution in [0.15, 0.2) is 49.6 Å². The van der Waals surface area contributed by atoms with Crippen LogP contribution in [-0.2, 0) is 28.5 Å². The Morgan fingerprint density at radius 3 is 1.43 bits per heavy atom. The standard InChI is InChI=1S/C18H18O10/c1-3-13(21)25-15(9-19)27-17(23)11-7-5-6-8-12(11)18(24)28-16(10-20)26-14(22)4-2/h3-8,15-16,19-20H,1-2,9-10H2. The smallest absolute Gasteiger partial charge is 0.342 e. The van der Waals surface area contributed by atoms with E-state index in [0.29, 0.717) is 0 Å². The van der Waals surface area contributed by atoms with Crippen LogP contribution in [-0.4, -0.2) is 59.9 Å². The Hall–Kier alpha value is -3.50. The fourth-order valence-corrected chi connectivity index (χ4v) is 1.76. The van der Waals surface area contributed by atoms with Gasteiger partial charge in [0.05, 0.1) is 11.1 Å². The predicted molar refractivity (Wildman–Crippen MR) is 91.6 cm³/mol. The van der Waals surface area contributed by atoms with Gasteiger partial charge in [0, 0.05) is 12.2 Å². The Bertz CT molecular complexity index is 691. The maximum absolute atomic E-state index is 12.3. The number of benzene rings is 1. The average molecular weight is 394 g/mol. The maximum Gasteiger partial charge on any atom is 0.342 e. The third-order valence-electron chi connectivity index (χ3n) is 2.97. The van der Waals surface area contributed by atoms with Gasteiger partial charge < -0.3 is 29.2 Å². The minimum Gasteiger partial charge on any atom is -0.419 e. The van der Waals surface area contributed by atoms with Crippen LogP contribution in [0.25, 0.3) is 0 Å². The van der Waals surface area contributed by atoms with E-state index < -0.39 is 49.7 Å². The van der Waals surface area contributed by atoms with Gasteiger partial charge in [0.25, 0.3) is 12.6 Å². The topological polar surface area (TPSA) is 146 Å². The molecule has 150 valence electrons. The zero-order valence-corrected chi connectivity index (χ0v) is 14.6. The quantitative estimate of drug-likeness (QED) is 0.318. The van der Waals surface area contributed by atoms with Gasteiger partial charge in [-0.25, -0.2) is 19.2 Å². The molecule has 0 fully saturated rings. The second-order valence-corrected chi connectivity index (χ2v) is 4.86. The molecule has 0 aromatic heterocycles. The first-order valence-corrected chi connectivity index (χ1v) is 7.75. The lowest BCUT2D eigenvalue weighted by Gasteiger charge is -2.18. The van der Waals surface area contributed by atoms with Gasteiger partial charge in [-0.3, -0.25) is 0 Å². The van der Waals surface area contributed by atoms with Crippen molar-refractivity contribution in [3.8, 4) is 0 Å². The molecular weight excluding hydrogens is 376 g/mol. The summed E-state index contributed by atoms with van der Waals surface area (Å²) in [4.78, 5) is 46.9. The molecule has 0 bridgehead atoms. The highest BCUT2D eigenvalue weighted by molar-refractivity contribution is 6.03. The third kappa shape index (κ3) is 6.67. The summed E-state index contributed by atoms with van der Waals surface area (Å²) in [5, 5.41) is 18.3. The van der Waals surface area contributed by atoms with Crippen molar-refractivity contribution in [2.24, 2.45) is 0 Å². The van der Waals surface area contributed by atoms with Crippen LogP contribution in [0.2, 0.25) is 0 Å². The van der Waals surface area contributed by atoms with Crippen molar-refractivity contribution in [3.63, 3.8) is 0 Å². The van der Waals surface area contributed by atoms with Crippen molar-refractivity contribution in [1.82, 2.24) is 0 Å². The highest BCUT2D eigenvalue weighted by Crippen LogP contribution is 2.15. The highest BCUT2D eigenvalue weighted by atomic mass is 16.7. The molecule has 0 amide bonds. The molecule has 0 aliphatic carbocycles. The molecule has 2 atom stereocenters. The van der Waals surface area contributed by atoms with Gasteiger partial charge in [-0.1, -0.05) is 25.3 Å². The summed E-state index contributed by atoms with van der Waals surface area (Å²) >= 11 is 0. The van der Waals surface area contributed by atoms with Gasteiger partial charge in [-0.15, -0.1) is 0 Å². The van der Waals surface area contributed by atoms with E-state index in [1.165, 1.54) is 24.3 Å². The summed E-state index contributed by atoms with van der Waals surface area (Å²) in [7, 11) is 0.